The lowest BCUT2D eigenvalue weighted by Crippen LogP contribution is -2.31. The number of fused-ring (bicyclic) bond motifs is 1. The summed E-state index contributed by atoms with van der Waals surface area (Å²) in [5.74, 6) is 2.20. The van der Waals surface area contributed by atoms with Gasteiger partial charge in [-0.15, -0.1) is 0 Å². The fraction of sp³-hybridized carbons (Fsp3) is 0.391. The first-order valence-corrected chi connectivity index (χ1v) is 9.99. The summed E-state index contributed by atoms with van der Waals surface area (Å²) < 4.78 is 25.3. The number of para-hydroxylation sites is 2. The summed E-state index contributed by atoms with van der Waals surface area (Å²) in [5.41, 5.74) is 2.19. The second-order valence-electron chi connectivity index (χ2n) is 7.42. The maximum absolute atomic E-state index is 13.9. The van der Waals surface area contributed by atoms with E-state index in [1.807, 2.05) is 30.3 Å². The van der Waals surface area contributed by atoms with E-state index in [9.17, 15) is 4.39 Å². The summed E-state index contributed by atoms with van der Waals surface area (Å²) in [6.07, 6.45) is 5.19. The quantitative estimate of drug-likeness (QED) is 0.613. The molecule has 5 heteroatoms. The third kappa shape index (κ3) is 3.99. The summed E-state index contributed by atoms with van der Waals surface area (Å²) in [6.45, 7) is 2.66. The molecule has 0 aliphatic carbocycles. The van der Waals surface area contributed by atoms with E-state index >= 15 is 0 Å². The van der Waals surface area contributed by atoms with Crippen molar-refractivity contribution >= 4 is 10.9 Å². The standard InChI is InChI=1S/C23H27FN2O2/c1-27-22-4-2-3-5-23(22)28-13-10-18(16-8-11-25-12-9-16)20-15-26-21-7-6-17(24)14-19(20)21/h2-7,14-16,18,25-26H,8-13H2,1H3. The van der Waals surface area contributed by atoms with Gasteiger partial charge in [0.2, 0.25) is 0 Å². The molecule has 2 aromatic carbocycles. The van der Waals surface area contributed by atoms with Crippen molar-refractivity contribution in [2.75, 3.05) is 26.8 Å². The van der Waals surface area contributed by atoms with Crippen molar-refractivity contribution in [1.82, 2.24) is 10.3 Å². The maximum Gasteiger partial charge on any atom is 0.161 e. The Morgan fingerprint density at radius 1 is 1.11 bits per heavy atom. The summed E-state index contributed by atoms with van der Waals surface area (Å²) in [6, 6.07) is 12.7. The number of aromatic amines is 1. The highest BCUT2D eigenvalue weighted by Crippen LogP contribution is 2.38. The number of piperidine rings is 1. The predicted octanol–water partition coefficient (Wildman–Crippen LogP) is 4.87. The maximum atomic E-state index is 13.9. The molecule has 1 aliphatic heterocycles. The fourth-order valence-electron chi connectivity index (χ4n) is 4.35. The number of benzene rings is 2. The van der Waals surface area contributed by atoms with E-state index in [0.29, 0.717) is 18.4 Å². The number of aromatic nitrogens is 1. The van der Waals surface area contributed by atoms with Gasteiger partial charge >= 0.3 is 0 Å². The molecule has 1 atom stereocenters. The largest absolute Gasteiger partial charge is 0.493 e. The highest BCUT2D eigenvalue weighted by molar-refractivity contribution is 5.83. The molecule has 4 nitrogen and oxygen atoms in total. The zero-order valence-electron chi connectivity index (χ0n) is 16.2. The highest BCUT2D eigenvalue weighted by atomic mass is 19.1. The SMILES string of the molecule is COc1ccccc1OCCC(c1c[nH]c2ccc(F)cc12)C1CCNCC1. The molecule has 3 aromatic rings. The molecule has 1 fully saturated rings. The molecular formula is C23H27FN2O2. The van der Waals surface area contributed by atoms with Crippen LogP contribution in [0.25, 0.3) is 10.9 Å². The first-order valence-electron chi connectivity index (χ1n) is 9.99. The molecule has 1 saturated heterocycles. The monoisotopic (exact) mass is 382 g/mol. The number of hydrogen-bond donors (Lipinski definition) is 2. The second kappa shape index (κ2) is 8.65. The van der Waals surface area contributed by atoms with E-state index in [1.165, 1.54) is 11.6 Å². The van der Waals surface area contributed by atoms with Crippen LogP contribution < -0.4 is 14.8 Å². The molecule has 0 spiro atoms. The third-order valence-electron chi connectivity index (χ3n) is 5.78. The van der Waals surface area contributed by atoms with Gasteiger partial charge in [-0.05, 0) is 80.1 Å². The van der Waals surface area contributed by atoms with Crippen molar-refractivity contribution in [2.24, 2.45) is 5.92 Å². The molecule has 0 amide bonds. The molecule has 2 heterocycles. The number of halogens is 1. The van der Waals surface area contributed by atoms with Crippen LogP contribution in [0.5, 0.6) is 11.5 Å². The molecule has 2 N–H and O–H groups in total. The van der Waals surface area contributed by atoms with Gasteiger partial charge in [0.05, 0.1) is 13.7 Å². The normalized spacial score (nSPS) is 16.2. The average Bonchev–Trinajstić information content (AvgIpc) is 3.15. The minimum absolute atomic E-state index is 0.192. The minimum atomic E-state index is -0.192. The van der Waals surface area contributed by atoms with Crippen LogP contribution in [-0.2, 0) is 0 Å². The van der Waals surface area contributed by atoms with Gasteiger partial charge in [-0.3, -0.25) is 0 Å². The van der Waals surface area contributed by atoms with Crippen molar-refractivity contribution in [3.05, 3.63) is 60.0 Å². The van der Waals surface area contributed by atoms with Crippen molar-refractivity contribution in [2.45, 2.75) is 25.2 Å². The van der Waals surface area contributed by atoms with E-state index in [-0.39, 0.29) is 5.82 Å². The van der Waals surface area contributed by atoms with Crippen molar-refractivity contribution in [3.8, 4) is 11.5 Å². The Labute approximate surface area is 165 Å². The van der Waals surface area contributed by atoms with Crippen LogP contribution in [0, 0.1) is 11.7 Å². The summed E-state index contributed by atoms with van der Waals surface area (Å²) in [7, 11) is 1.65. The van der Waals surface area contributed by atoms with Gasteiger partial charge < -0.3 is 19.8 Å². The van der Waals surface area contributed by atoms with Gasteiger partial charge in [-0.2, -0.15) is 0 Å². The number of rotatable bonds is 7. The summed E-state index contributed by atoms with van der Waals surface area (Å²) in [5, 5.41) is 4.43. The van der Waals surface area contributed by atoms with Crippen LogP contribution in [0.4, 0.5) is 4.39 Å². The third-order valence-corrected chi connectivity index (χ3v) is 5.78. The van der Waals surface area contributed by atoms with Crippen LogP contribution >= 0.6 is 0 Å². The van der Waals surface area contributed by atoms with Crippen LogP contribution in [0.2, 0.25) is 0 Å². The molecule has 1 aromatic heterocycles. The number of methoxy groups -OCH3 is 1. The molecule has 0 saturated carbocycles. The van der Waals surface area contributed by atoms with Gasteiger partial charge in [-0.25, -0.2) is 4.39 Å². The molecule has 0 bridgehead atoms. The van der Waals surface area contributed by atoms with Crippen LogP contribution in [0.3, 0.4) is 0 Å². The van der Waals surface area contributed by atoms with Crippen molar-refractivity contribution < 1.29 is 13.9 Å². The Morgan fingerprint density at radius 2 is 1.89 bits per heavy atom. The van der Waals surface area contributed by atoms with Crippen molar-refractivity contribution in [3.63, 3.8) is 0 Å². The number of ether oxygens (including phenoxy) is 2. The Morgan fingerprint density at radius 3 is 2.68 bits per heavy atom. The zero-order valence-corrected chi connectivity index (χ0v) is 16.2. The smallest absolute Gasteiger partial charge is 0.161 e. The molecule has 0 radical (unpaired) electrons. The number of nitrogens with one attached hydrogen (secondary N) is 2. The number of H-pyrrole nitrogens is 1. The average molecular weight is 382 g/mol. The Bertz CT molecular complexity index is 918. The number of hydrogen-bond acceptors (Lipinski definition) is 3. The molecule has 28 heavy (non-hydrogen) atoms. The Hall–Kier alpha value is -2.53. The molecule has 4 rings (SSSR count). The van der Waals surface area contributed by atoms with Gasteiger partial charge in [0.15, 0.2) is 11.5 Å². The first-order chi connectivity index (χ1) is 13.8. The molecule has 1 unspecified atom stereocenters. The molecule has 1 aliphatic rings. The van der Waals surface area contributed by atoms with Crippen LogP contribution in [0.1, 0.15) is 30.7 Å². The van der Waals surface area contributed by atoms with Gasteiger partial charge in [-0.1, -0.05) is 12.1 Å². The lowest BCUT2D eigenvalue weighted by atomic mass is 9.78. The Balaban J connectivity index is 1.56. The lowest BCUT2D eigenvalue weighted by Gasteiger charge is -2.31. The predicted molar refractivity (Wildman–Crippen MR) is 110 cm³/mol. The molecular weight excluding hydrogens is 355 g/mol. The van der Waals surface area contributed by atoms with Gasteiger partial charge in [0.25, 0.3) is 0 Å². The summed E-state index contributed by atoms with van der Waals surface area (Å²) in [4.78, 5) is 3.32. The van der Waals surface area contributed by atoms with E-state index < -0.39 is 0 Å². The van der Waals surface area contributed by atoms with Crippen LogP contribution in [-0.4, -0.2) is 31.8 Å². The van der Waals surface area contributed by atoms with E-state index in [0.717, 1.165) is 54.8 Å². The molecule has 148 valence electrons. The van der Waals surface area contributed by atoms with Gasteiger partial charge in [0, 0.05) is 17.1 Å². The van der Waals surface area contributed by atoms with Crippen molar-refractivity contribution in [1.29, 1.82) is 0 Å². The fourth-order valence-corrected chi connectivity index (χ4v) is 4.35. The lowest BCUT2D eigenvalue weighted by molar-refractivity contribution is 0.241. The minimum Gasteiger partial charge on any atom is -0.493 e. The van der Waals surface area contributed by atoms with E-state index in [2.05, 4.69) is 16.5 Å². The topological polar surface area (TPSA) is 46.3 Å². The first kappa shape index (κ1) is 18.8. The highest BCUT2D eigenvalue weighted by Gasteiger charge is 2.27. The van der Waals surface area contributed by atoms with E-state index in [1.54, 1.807) is 13.2 Å². The zero-order chi connectivity index (χ0) is 19.3. The van der Waals surface area contributed by atoms with Crippen LogP contribution in [0.15, 0.2) is 48.7 Å². The Kier molecular flexibility index (Phi) is 5.81. The van der Waals surface area contributed by atoms with E-state index in [4.69, 9.17) is 9.47 Å². The summed E-state index contributed by atoms with van der Waals surface area (Å²) >= 11 is 0. The second-order valence-corrected chi connectivity index (χ2v) is 7.42. The van der Waals surface area contributed by atoms with Gasteiger partial charge in [0.1, 0.15) is 5.82 Å².